The van der Waals surface area contributed by atoms with E-state index in [0.29, 0.717) is 13.2 Å². The number of hydrogen-bond acceptors (Lipinski definition) is 4. The first-order chi connectivity index (χ1) is 5.70. The first kappa shape index (κ1) is 15.4. The molecule has 4 nitrogen and oxygen atoms in total. The van der Waals surface area contributed by atoms with E-state index >= 15 is 0 Å². The molecule has 0 amide bonds. The van der Waals surface area contributed by atoms with Crippen molar-refractivity contribution in [2.45, 2.75) is 26.7 Å². The molecule has 0 aromatic rings. The van der Waals surface area contributed by atoms with E-state index in [0.717, 1.165) is 0 Å². The number of carbonyl (C=O) groups excluding carboxylic acids is 2. The van der Waals surface area contributed by atoms with E-state index in [2.05, 4.69) is 9.47 Å². The van der Waals surface area contributed by atoms with Crippen molar-refractivity contribution < 1.29 is 19.1 Å². The van der Waals surface area contributed by atoms with Crippen LogP contribution in [0.4, 0.5) is 0 Å². The molecule has 0 saturated carbocycles. The average molecular weight is 198 g/mol. The van der Waals surface area contributed by atoms with Crippen molar-refractivity contribution in [3.63, 3.8) is 0 Å². The van der Waals surface area contributed by atoms with Crippen LogP contribution in [0.3, 0.4) is 0 Å². The van der Waals surface area contributed by atoms with Crippen LogP contribution in [0, 0.1) is 0 Å². The van der Waals surface area contributed by atoms with Gasteiger partial charge < -0.3 is 9.47 Å². The third-order valence-electron chi connectivity index (χ3n) is 1.14. The molecule has 0 aliphatic rings. The molecule has 0 aromatic heterocycles. The van der Waals surface area contributed by atoms with Gasteiger partial charge in [0, 0.05) is 0 Å². The molecule has 0 aliphatic heterocycles. The van der Waals surface area contributed by atoms with Crippen LogP contribution in [0.1, 0.15) is 26.7 Å². The molecular formula is C8H15NaO4. The monoisotopic (exact) mass is 198 g/mol. The average Bonchev–Trinajstić information content (AvgIpc) is 2.02. The zero-order chi connectivity index (χ0) is 9.40. The molecule has 0 N–H and O–H groups in total. The summed E-state index contributed by atoms with van der Waals surface area (Å²) in [5.74, 6) is -0.712. The van der Waals surface area contributed by atoms with Gasteiger partial charge in [-0.15, -0.1) is 0 Å². The Labute approximate surface area is 100 Å². The van der Waals surface area contributed by atoms with Gasteiger partial charge in [-0.05, 0) is 13.8 Å². The summed E-state index contributed by atoms with van der Waals surface area (Å²) in [4.78, 5) is 21.4. The van der Waals surface area contributed by atoms with E-state index in [1.54, 1.807) is 13.8 Å². The summed E-state index contributed by atoms with van der Waals surface area (Å²) < 4.78 is 9.25. The Morgan fingerprint density at radius 2 is 1.23 bits per heavy atom. The first-order valence-corrected chi connectivity index (χ1v) is 4.02. The maximum absolute atomic E-state index is 10.7. The van der Waals surface area contributed by atoms with Gasteiger partial charge in [0.2, 0.25) is 0 Å². The first-order valence-electron chi connectivity index (χ1n) is 4.02. The van der Waals surface area contributed by atoms with E-state index in [1.807, 2.05) is 0 Å². The molecule has 5 heteroatoms. The van der Waals surface area contributed by atoms with Crippen molar-refractivity contribution in [3.8, 4) is 0 Å². The minimum absolute atomic E-state index is 0. The molecule has 72 valence electrons. The van der Waals surface area contributed by atoms with Gasteiger partial charge in [-0.3, -0.25) is 9.59 Å². The van der Waals surface area contributed by atoms with Gasteiger partial charge in [-0.2, -0.15) is 0 Å². The van der Waals surface area contributed by atoms with Crippen LogP contribution < -0.4 is 0 Å². The third-order valence-corrected chi connectivity index (χ3v) is 1.14. The van der Waals surface area contributed by atoms with Crippen LogP contribution in [0.5, 0.6) is 0 Å². The van der Waals surface area contributed by atoms with Crippen LogP contribution in [-0.4, -0.2) is 54.7 Å². The molecule has 0 aliphatic carbocycles. The SMILES string of the molecule is CCOC(=O)CCC(=O)OCC.[NaH]. The molecule has 0 heterocycles. The molecule has 13 heavy (non-hydrogen) atoms. The quantitative estimate of drug-likeness (QED) is 0.469. The fourth-order valence-electron chi connectivity index (χ4n) is 0.670. The van der Waals surface area contributed by atoms with Gasteiger partial charge in [0.1, 0.15) is 0 Å². The zero-order valence-corrected chi connectivity index (χ0v) is 7.46. The van der Waals surface area contributed by atoms with Gasteiger partial charge >= 0.3 is 41.5 Å². The van der Waals surface area contributed by atoms with E-state index in [1.165, 1.54) is 0 Å². The van der Waals surface area contributed by atoms with Crippen LogP contribution in [0.2, 0.25) is 0 Å². The predicted molar refractivity (Wildman–Crippen MR) is 49.6 cm³/mol. The normalized spacial score (nSPS) is 8.46. The summed E-state index contributed by atoms with van der Waals surface area (Å²) in [6.07, 6.45) is 0.208. The van der Waals surface area contributed by atoms with Crippen molar-refractivity contribution in [1.29, 1.82) is 0 Å². The third kappa shape index (κ3) is 9.86. The van der Waals surface area contributed by atoms with Gasteiger partial charge in [0.05, 0.1) is 26.1 Å². The fraction of sp³-hybridized carbons (Fsp3) is 0.750. The number of hydrogen-bond donors (Lipinski definition) is 0. The van der Waals surface area contributed by atoms with E-state index in [9.17, 15) is 9.59 Å². The molecule has 0 unspecified atom stereocenters. The molecule has 0 saturated heterocycles. The number of esters is 2. The van der Waals surface area contributed by atoms with E-state index in [-0.39, 0.29) is 54.3 Å². The summed E-state index contributed by atoms with van der Waals surface area (Å²) in [5, 5.41) is 0. The molecule has 0 fully saturated rings. The fourth-order valence-corrected chi connectivity index (χ4v) is 0.670. The second-order valence-corrected chi connectivity index (χ2v) is 2.11. The predicted octanol–water partition coefficient (Wildman–Crippen LogP) is 0.244. The summed E-state index contributed by atoms with van der Waals surface area (Å²) in [7, 11) is 0. The molecular weight excluding hydrogens is 183 g/mol. The van der Waals surface area contributed by atoms with Gasteiger partial charge in [-0.25, -0.2) is 0 Å². The molecule has 0 radical (unpaired) electrons. The summed E-state index contributed by atoms with van der Waals surface area (Å²) in [6, 6.07) is 0. The van der Waals surface area contributed by atoms with Crippen molar-refractivity contribution in [3.05, 3.63) is 0 Å². The van der Waals surface area contributed by atoms with Crippen LogP contribution in [-0.2, 0) is 19.1 Å². The van der Waals surface area contributed by atoms with Crippen LogP contribution in [0.15, 0.2) is 0 Å². The van der Waals surface area contributed by atoms with Crippen molar-refractivity contribution in [1.82, 2.24) is 0 Å². The number of ether oxygens (including phenoxy) is 2. The molecule has 0 bridgehead atoms. The summed E-state index contributed by atoms with van der Waals surface area (Å²) in [6.45, 7) is 4.15. The summed E-state index contributed by atoms with van der Waals surface area (Å²) >= 11 is 0. The Morgan fingerprint density at radius 1 is 0.923 bits per heavy atom. The minimum atomic E-state index is -0.356. The topological polar surface area (TPSA) is 52.6 Å². The molecule has 0 aromatic carbocycles. The molecule has 0 atom stereocenters. The van der Waals surface area contributed by atoms with Gasteiger partial charge in [0.25, 0.3) is 0 Å². The van der Waals surface area contributed by atoms with Gasteiger partial charge in [-0.1, -0.05) is 0 Å². The zero-order valence-electron chi connectivity index (χ0n) is 7.46. The number of carbonyl (C=O) groups is 2. The van der Waals surface area contributed by atoms with Gasteiger partial charge in [0.15, 0.2) is 0 Å². The Balaban J connectivity index is 0. The second kappa shape index (κ2) is 10.0. The number of rotatable bonds is 5. The Bertz CT molecular complexity index is 140. The van der Waals surface area contributed by atoms with E-state index in [4.69, 9.17) is 0 Å². The Morgan fingerprint density at radius 3 is 1.46 bits per heavy atom. The molecule has 0 rings (SSSR count). The van der Waals surface area contributed by atoms with Crippen molar-refractivity contribution in [2.24, 2.45) is 0 Å². The Hall–Kier alpha value is -0.0600. The van der Waals surface area contributed by atoms with Crippen LogP contribution in [0.25, 0.3) is 0 Å². The Kier molecular flexibility index (Phi) is 11.9. The second-order valence-electron chi connectivity index (χ2n) is 2.11. The maximum atomic E-state index is 10.7. The van der Waals surface area contributed by atoms with E-state index < -0.39 is 0 Å². The summed E-state index contributed by atoms with van der Waals surface area (Å²) in [5.41, 5.74) is 0. The van der Waals surface area contributed by atoms with Crippen LogP contribution >= 0.6 is 0 Å². The van der Waals surface area contributed by atoms with Crippen molar-refractivity contribution in [2.75, 3.05) is 13.2 Å². The standard InChI is InChI=1S/C8H14O4.Na.H/c1-3-11-7(9)5-6-8(10)12-4-2;;/h3-6H2,1-2H3;;. The van der Waals surface area contributed by atoms with Crippen molar-refractivity contribution >= 4 is 41.5 Å². The molecule has 0 spiro atoms.